The molecule has 2 rings (SSSR count). The van der Waals surface area contributed by atoms with Crippen molar-refractivity contribution in [2.45, 2.75) is 32.7 Å². The first-order valence-corrected chi connectivity index (χ1v) is 7.89. The molecule has 8 heteroatoms. The van der Waals surface area contributed by atoms with Crippen molar-refractivity contribution in [2.75, 3.05) is 11.9 Å². The third-order valence-corrected chi connectivity index (χ3v) is 3.90. The second-order valence-electron chi connectivity index (χ2n) is 6.42. The lowest BCUT2D eigenvalue weighted by atomic mass is 9.91. The molecule has 0 bridgehead atoms. The summed E-state index contributed by atoms with van der Waals surface area (Å²) in [7, 11) is 0. The topological polar surface area (TPSA) is 78.5 Å². The number of rotatable bonds is 5. The first kappa shape index (κ1) is 18.2. The molecule has 1 aliphatic heterocycles. The second kappa shape index (κ2) is 6.76. The summed E-state index contributed by atoms with van der Waals surface area (Å²) in [6, 6.07) is 3.16. The van der Waals surface area contributed by atoms with Crippen molar-refractivity contribution < 1.29 is 18.8 Å². The molecule has 24 heavy (non-hydrogen) atoms. The van der Waals surface area contributed by atoms with E-state index in [1.54, 1.807) is 6.92 Å². The molecular formula is C16H19ClFN3O3. The van der Waals surface area contributed by atoms with E-state index in [1.807, 2.05) is 13.8 Å². The van der Waals surface area contributed by atoms with E-state index in [4.69, 9.17) is 11.6 Å². The predicted molar refractivity (Wildman–Crippen MR) is 88.1 cm³/mol. The number of nitrogens with one attached hydrogen (secondary N) is 2. The van der Waals surface area contributed by atoms with Gasteiger partial charge in [-0.2, -0.15) is 0 Å². The molecule has 2 N–H and O–H groups in total. The Hall–Kier alpha value is -2.15. The summed E-state index contributed by atoms with van der Waals surface area (Å²) in [6.07, 6.45) is 0.460. The van der Waals surface area contributed by atoms with Crippen LogP contribution in [0.25, 0.3) is 0 Å². The van der Waals surface area contributed by atoms with Crippen molar-refractivity contribution in [1.82, 2.24) is 10.2 Å². The fraction of sp³-hybridized carbons (Fsp3) is 0.438. The molecule has 1 heterocycles. The summed E-state index contributed by atoms with van der Waals surface area (Å²) in [6.45, 7) is 5.01. The summed E-state index contributed by atoms with van der Waals surface area (Å²) < 4.78 is 13.7. The molecule has 1 aromatic rings. The number of hydrogen-bond acceptors (Lipinski definition) is 3. The average Bonchev–Trinajstić information content (AvgIpc) is 2.64. The highest BCUT2D eigenvalue weighted by Crippen LogP contribution is 2.25. The third-order valence-electron chi connectivity index (χ3n) is 3.67. The molecule has 1 saturated heterocycles. The van der Waals surface area contributed by atoms with Gasteiger partial charge in [0.25, 0.3) is 5.91 Å². The maximum absolute atomic E-state index is 13.7. The molecule has 1 aliphatic rings. The SMILES string of the molecule is CC(C)CC1(C)NC(=O)N(CC(=O)Nc2ccc(Cl)cc2F)C1=O. The third kappa shape index (κ3) is 3.84. The largest absolute Gasteiger partial charge is 0.325 e. The molecule has 4 amide bonds. The highest BCUT2D eigenvalue weighted by Gasteiger charge is 2.48. The second-order valence-corrected chi connectivity index (χ2v) is 6.86. The van der Waals surface area contributed by atoms with Gasteiger partial charge in [0.2, 0.25) is 5.91 Å². The van der Waals surface area contributed by atoms with Gasteiger partial charge in [0.05, 0.1) is 5.69 Å². The van der Waals surface area contributed by atoms with E-state index in [0.29, 0.717) is 6.42 Å². The summed E-state index contributed by atoms with van der Waals surface area (Å²) >= 11 is 5.64. The van der Waals surface area contributed by atoms with E-state index in [1.165, 1.54) is 12.1 Å². The Balaban J connectivity index is 2.06. The Labute approximate surface area is 144 Å². The molecule has 0 radical (unpaired) electrons. The van der Waals surface area contributed by atoms with Crippen LogP contribution in [0.15, 0.2) is 18.2 Å². The van der Waals surface area contributed by atoms with Crippen LogP contribution in [0.3, 0.4) is 0 Å². The van der Waals surface area contributed by atoms with Crippen LogP contribution < -0.4 is 10.6 Å². The molecule has 0 saturated carbocycles. The highest BCUT2D eigenvalue weighted by molar-refractivity contribution is 6.30. The molecule has 1 fully saturated rings. The minimum atomic E-state index is -1.03. The molecule has 1 aromatic carbocycles. The lowest BCUT2D eigenvalue weighted by Crippen LogP contribution is -2.45. The van der Waals surface area contributed by atoms with Gasteiger partial charge in [0.15, 0.2) is 0 Å². The van der Waals surface area contributed by atoms with E-state index in [0.717, 1.165) is 11.0 Å². The monoisotopic (exact) mass is 355 g/mol. The first-order chi connectivity index (χ1) is 11.1. The van der Waals surface area contributed by atoms with Crippen molar-refractivity contribution in [3.05, 3.63) is 29.0 Å². The van der Waals surface area contributed by atoms with Crippen molar-refractivity contribution in [2.24, 2.45) is 5.92 Å². The number of halogens is 2. The zero-order valence-corrected chi connectivity index (χ0v) is 14.4. The normalized spacial score (nSPS) is 20.5. The summed E-state index contributed by atoms with van der Waals surface area (Å²) in [5.74, 6) is -1.64. The van der Waals surface area contributed by atoms with E-state index in [2.05, 4.69) is 10.6 Å². The lowest BCUT2D eigenvalue weighted by Gasteiger charge is -2.23. The molecule has 1 unspecified atom stereocenters. The van der Waals surface area contributed by atoms with Crippen LogP contribution in [0, 0.1) is 11.7 Å². The zero-order chi connectivity index (χ0) is 18.1. The van der Waals surface area contributed by atoms with Gasteiger partial charge < -0.3 is 10.6 Å². The smallest absolute Gasteiger partial charge is 0.323 e. The minimum Gasteiger partial charge on any atom is -0.323 e. The van der Waals surface area contributed by atoms with E-state index in [-0.39, 0.29) is 16.6 Å². The van der Waals surface area contributed by atoms with Crippen LogP contribution in [0.5, 0.6) is 0 Å². The highest BCUT2D eigenvalue weighted by atomic mass is 35.5. The summed E-state index contributed by atoms with van der Waals surface area (Å²) in [5, 5.41) is 5.14. The van der Waals surface area contributed by atoms with E-state index >= 15 is 0 Å². The average molecular weight is 356 g/mol. The van der Waals surface area contributed by atoms with Crippen LogP contribution in [-0.2, 0) is 9.59 Å². The van der Waals surface area contributed by atoms with Crippen LogP contribution >= 0.6 is 11.6 Å². The first-order valence-electron chi connectivity index (χ1n) is 7.51. The van der Waals surface area contributed by atoms with Gasteiger partial charge in [0.1, 0.15) is 17.9 Å². The Bertz CT molecular complexity index is 695. The summed E-state index contributed by atoms with van der Waals surface area (Å²) in [4.78, 5) is 37.3. The quantitative estimate of drug-likeness (QED) is 0.797. The van der Waals surface area contributed by atoms with Gasteiger partial charge in [-0.3, -0.25) is 14.5 Å². The standard InChI is InChI=1S/C16H19ClFN3O3/c1-9(2)7-16(3)14(23)21(15(24)20-16)8-13(22)19-12-5-4-10(17)6-11(12)18/h4-6,9H,7-8H2,1-3H3,(H,19,22)(H,20,24). The molecule has 130 valence electrons. The van der Waals surface area contributed by atoms with Crippen molar-refractivity contribution in [3.63, 3.8) is 0 Å². The number of nitrogens with zero attached hydrogens (tertiary/aromatic N) is 1. The van der Waals surface area contributed by atoms with Crippen molar-refractivity contribution >= 4 is 35.1 Å². The van der Waals surface area contributed by atoms with Gasteiger partial charge in [-0.25, -0.2) is 9.18 Å². The van der Waals surface area contributed by atoms with E-state index < -0.39 is 35.7 Å². The molecule has 0 aliphatic carbocycles. The fourth-order valence-corrected chi connectivity index (χ4v) is 2.93. The Kier molecular flexibility index (Phi) is 5.13. The number of benzene rings is 1. The van der Waals surface area contributed by atoms with Crippen LogP contribution in [0.2, 0.25) is 5.02 Å². The van der Waals surface area contributed by atoms with Gasteiger partial charge >= 0.3 is 6.03 Å². The number of anilines is 1. The predicted octanol–water partition coefficient (Wildman–Crippen LogP) is 2.77. The molecule has 6 nitrogen and oxygen atoms in total. The minimum absolute atomic E-state index is 0.0682. The van der Waals surface area contributed by atoms with Crippen LogP contribution in [-0.4, -0.2) is 34.8 Å². The Morgan fingerprint density at radius 3 is 2.67 bits per heavy atom. The van der Waals surface area contributed by atoms with Crippen molar-refractivity contribution in [3.8, 4) is 0 Å². The molecule has 0 aromatic heterocycles. The number of imide groups is 1. The lowest BCUT2D eigenvalue weighted by molar-refractivity contribution is -0.133. The molecule has 1 atom stereocenters. The van der Waals surface area contributed by atoms with Crippen LogP contribution in [0.1, 0.15) is 27.2 Å². The van der Waals surface area contributed by atoms with Gasteiger partial charge in [-0.1, -0.05) is 25.4 Å². The zero-order valence-electron chi connectivity index (χ0n) is 13.7. The number of carbonyl (C=O) groups is 3. The Morgan fingerprint density at radius 1 is 1.42 bits per heavy atom. The number of urea groups is 1. The molecular weight excluding hydrogens is 337 g/mol. The van der Waals surface area contributed by atoms with Gasteiger partial charge in [0, 0.05) is 5.02 Å². The maximum Gasteiger partial charge on any atom is 0.325 e. The number of hydrogen-bond donors (Lipinski definition) is 2. The summed E-state index contributed by atoms with van der Waals surface area (Å²) in [5.41, 5.74) is -1.10. The fourth-order valence-electron chi connectivity index (χ4n) is 2.77. The molecule has 0 spiro atoms. The van der Waals surface area contributed by atoms with Gasteiger partial charge in [-0.15, -0.1) is 0 Å². The Morgan fingerprint density at radius 2 is 2.08 bits per heavy atom. The van der Waals surface area contributed by atoms with E-state index in [9.17, 15) is 18.8 Å². The van der Waals surface area contributed by atoms with Gasteiger partial charge in [-0.05, 0) is 37.5 Å². The maximum atomic E-state index is 13.7. The van der Waals surface area contributed by atoms with Crippen LogP contribution in [0.4, 0.5) is 14.9 Å². The number of carbonyl (C=O) groups excluding carboxylic acids is 3. The van der Waals surface area contributed by atoms with Crippen molar-refractivity contribution in [1.29, 1.82) is 0 Å². The number of amides is 4.